The summed E-state index contributed by atoms with van der Waals surface area (Å²) in [5.41, 5.74) is 13.0. The second-order valence-corrected chi connectivity index (χ2v) is 15.7. The van der Waals surface area contributed by atoms with E-state index in [1.807, 2.05) is 30.5 Å². The van der Waals surface area contributed by atoms with Crippen molar-refractivity contribution in [2.75, 3.05) is 0 Å². The summed E-state index contributed by atoms with van der Waals surface area (Å²) < 4.78 is 2.24. The van der Waals surface area contributed by atoms with Gasteiger partial charge in [-0.2, -0.15) is 0 Å². The van der Waals surface area contributed by atoms with Crippen LogP contribution in [0.15, 0.2) is 140 Å². The SMILES string of the molecule is CC(C)(C)c1ccc(-n2c(-c3cccc(-c4cc(C(C)(C)C)cc5cncnc45)c3)nc3c(-c4cc(-c5ccccc5)ccc4O)cccc32)cc1. The van der Waals surface area contributed by atoms with Crippen LogP contribution in [0.3, 0.4) is 0 Å². The molecule has 0 atom stereocenters. The number of aromatic hydroxyl groups is 1. The van der Waals surface area contributed by atoms with Crippen molar-refractivity contribution in [1.29, 1.82) is 0 Å². The number of hydrogen-bond donors (Lipinski definition) is 1. The van der Waals surface area contributed by atoms with Crippen LogP contribution >= 0.6 is 0 Å². The fourth-order valence-corrected chi connectivity index (χ4v) is 7.03. The van der Waals surface area contributed by atoms with Gasteiger partial charge < -0.3 is 5.11 Å². The van der Waals surface area contributed by atoms with Crippen molar-refractivity contribution in [3.05, 3.63) is 151 Å². The second kappa shape index (κ2) is 12.6. The Morgan fingerprint density at radius 2 is 1.25 bits per heavy atom. The van der Waals surface area contributed by atoms with Gasteiger partial charge in [-0.05, 0) is 87.2 Å². The molecule has 1 N–H and O–H groups in total. The number of para-hydroxylation sites is 1. The molecule has 0 bridgehead atoms. The van der Waals surface area contributed by atoms with Gasteiger partial charge in [0.15, 0.2) is 0 Å². The van der Waals surface area contributed by atoms with Crippen molar-refractivity contribution in [3.63, 3.8) is 0 Å². The molecule has 0 saturated heterocycles. The van der Waals surface area contributed by atoms with Crippen LogP contribution in [0.4, 0.5) is 0 Å². The Bertz CT molecular complexity index is 2590. The molecule has 5 nitrogen and oxygen atoms in total. The maximum absolute atomic E-state index is 11.3. The predicted molar refractivity (Wildman–Crippen MR) is 215 cm³/mol. The van der Waals surface area contributed by atoms with Gasteiger partial charge in [-0.15, -0.1) is 0 Å². The summed E-state index contributed by atoms with van der Waals surface area (Å²) in [4.78, 5) is 14.5. The molecule has 8 rings (SSSR count). The predicted octanol–water partition coefficient (Wildman–Crippen LogP) is 11.9. The first kappa shape index (κ1) is 33.1. The van der Waals surface area contributed by atoms with Gasteiger partial charge in [0.25, 0.3) is 0 Å². The molecule has 0 radical (unpaired) electrons. The number of phenolic OH excluding ortho intramolecular Hbond substituents is 1. The lowest BCUT2D eigenvalue weighted by Gasteiger charge is -2.21. The summed E-state index contributed by atoms with van der Waals surface area (Å²) in [5, 5.41) is 12.3. The number of phenols is 1. The number of imidazole rings is 1. The van der Waals surface area contributed by atoms with Gasteiger partial charge in [-0.3, -0.25) is 4.57 Å². The van der Waals surface area contributed by atoms with E-state index in [1.54, 1.807) is 12.4 Å². The second-order valence-electron chi connectivity index (χ2n) is 15.7. The summed E-state index contributed by atoms with van der Waals surface area (Å²) in [5.74, 6) is 1.03. The summed E-state index contributed by atoms with van der Waals surface area (Å²) in [6, 6.07) is 44.1. The number of rotatable bonds is 5. The highest BCUT2D eigenvalue weighted by Gasteiger charge is 2.22. The average Bonchev–Trinajstić information content (AvgIpc) is 3.54. The first-order valence-corrected chi connectivity index (χ1v) is 17.8. The Labute approximate surface area is 305 Å². The number of fused-ring (bicyclic) bond motifs is 2. The van der Waals surface area contributed by atoms with Crippen LogP contribution in [-0.2, 0) is 10.8 Å². The third-order valence-electron chi connectivity index (χ3n) is 9.97. The lowest BCUT2D eigenvalue weighted by atomic mass is 9.84. The van der Waals surface area contributed by atoms with E-state index in [1.165, 1.54) is 11.1 Å². The van der Waals surface area contributed by atoms with E-state index in [-0.39, 0.29) is 16.6 Å². The molecule has 2 heterocycles. The van der Waals surface area contributed by atoms with Crippen molar-refractivity contribution in [3.8, 4) is 56.2 Å². The number of benzene rings is 6. The maximum Gasteiger partial charge on any atom is 0.145 e. The lowest BCUT2D eigenvalue weighted by Crippen LogP contribution is -2.11. The van der Waals surface area contributed by atoms with E-state index >= 15 is 0 Å². The molecule has 0 amide bonds. The largest absolute Gasteiger partial charge is 0.507 e. The highest BCUT2D eigenvalue weighted by molar-refractivity contribution is 5.99. The number of hydrogen-bond acceptors (Lipinski definition) is 4. The van der Waals surface area contributed by atoms with Gasteiger partial charge in [-0.1, -0.05) is 120 Å². The molecule has 256 valence electrons. The van der Waals surface area contributed by atoms with Crippen molar-refractivity contribution in [1.82, 2.24) is 19.5 Å². The average molecular weight is 679 g/mol. The van der Waals surface area contributed by atoms with E-state index in [0.717, 1.165) is 72.4 Å². The molecular formula is C47H42N4O. The Morgan fingerprint density at radius 3 is 2.00 bits per heavy atom. The fourth-order valence-electron chi connectivity index (χ4n) is 7.03. The molecule has 5 heteroatoms. The molecule has 0 aliphatic rings. The van der Waals surface area contributed by atoms with Crippen LogP contribution in [-0.4, -0.2) is 24.6 Å². The van der Waals surface area contributed by atoms with Crippen molar-refractivity contribution in [2.24, 2.45) is 0 Å². The molecule has 6 aromatic carbocycles. The fraction of sp³-hybridized carbons (Fsp3) is 0.170. The first-order valence-electron chi connectivity index (χ1n) is 17.8. The minimum Gasteiger partial charge on any atom is -0.507 e. The van der Waals surface area contributed by atoms with E-state index in [9.17, 15) is 5.11 Å². The Hall–Kier alpha value is -6.07. The van der Waals surface area contributed by atoms with Gasteiger partial charge in [-0.25, -0.2) is 15.0 Å². The minimum atomic E-state index is -0.0522. The summed E-state index contributed by atoms with van der Waals surface area (Å²) in [7, 11) is 0. The quantitative estimate of drug-likeness (QED) is 0.197. The molecule has 2 aromatic heterocycles. The van der Waals surface area contributed by atoms with Crippen LogP contribution in [0.25, 0.3) is 72.4 Å². The summed E-state index contributed by atoms with van der Waals surface area (Å²) >= 11 is 0. The zero-order chi connectivity index (χ0) is 36.2. The van der Waals surface area contributed by atoms with E-state index in [4.69, 9.17) is 9.97 Å². The molecule has 0 unspecified atom stereocenters. The molecule has 0 spiro atoms. The molecule has 52 heavy (non-hydrogen) atoms. The van der Waals surface area contributed by atoms with Crippen LogP contribution in [0.5, 0.6) is 5.75 Å². The van der Waals surface area contributed by atoms with Crippen LogP contribution in [0, 0.1) is 0 Å². The first-order chi connectivity index (χ1) is 25.0. The zero-order valence-electron chi connectivity index (χ0n) is 30.5. The van der Waals surface area contributed by atoms with Gasteiger partial charge in [0, 0.05) is 39.5 Å². The van der Waals surface area contributed by atoms with Crippen LogP contribution in [0.1, 0.15) is 52.7 Å². The summed E-state index contributed by atoms with van der Waals surface area (Å²) in [6.07, 6.45) is 3.52. The van der Waals surface area contributed by atoms with Gasteiger partial charge in [0.2, 0.25) is 0 Å². The van der Waals surface area contributed by atoms with E-state index in [2.05, 4.69) is 148 Å². The molecule has 0 fully saturated rings. The number of aromatic nitrogens is 4. The maximum atomic E-state index is 11.3. The van der Waals surface area contributed by atoms with Gasteiger partial charge in [0.1, 0.15) is 17.9 Å². The Kier molecular flexibility index (Phi) is 8.02. The minimum absolute atomic E-state index is 0.0229. The third-order valence-corrected chi connectivity index (χ3v) is 9.97. The van der Waals surface area contributed by atoms with Crippen LogP contribution < -0.4 is 0 Å². The van der Waals surface area contributed by atoms with Crippen molar-refractivity contribution >= 4 is 21.9 Å². The molecular weight excluding hydrogens is 637 g/mol. The Balaban J connectivity index is 1.36. The highest BCUT2D eigenvalue weighted by atomic mass is 16.3. The lowest BCUT2D eigenvalue weighted by molar-refractivity contribution is 0.477. The molecule has 0 saturated carbocycles. The van der Waals surface area contributed by atoms with E-state index in [0.29, 0.717) is 0 Å². The van der Waals surface area contributed by atoms with Crippen LogP contribution in [0.2, 0.25) is 0 Å². The zero-order valence-corrected chi connectivity index (χ0v) is 30.5. The standard InChI is InChI=1S/C47H42N4O/c1-46(2,3)35-19-21-37(22-20-35)51-41-17-11-16-38(40-26-31(18-23-42(40)52)30-12-8-7-9-13-30)44(41)50-45(51)33-15-10-14-32(24-33)39-27-36(47(4,5)6)25-34-28-48-29-49-43(34)39/h7-29,52H,1-6H3. The molecule has 0 aliphatic carbocycles. The Morgan fingerprint density at radius 1 is 0.538 bits per heavy atom. The normalized spacial score (nSPS) is 12.1. The van der Waals surface area contributed by atoms with Crippen molar-refractivity contribution < 1.29 is 5.11 Å². The third kappa shape index (κ3) is 6.02. The molecule has 8 aromatic rings. The van der Waals surface area contributed by atoms with E-state index < -0.39 is 0 Å². The highest BCUT2D eigenvalue weighted by Crippen LogP contribution is 2.41. The smallest absolute Gasteiger partial charge is 0.145 e. The monoisotopic (exact) mass is 678 g/mol. The number of nitrogens with zero attached hydrogens (tertiary/aromatic N) is 4. The summed E-state index contributed by atoms with van der Waals surface area (Å²) in [6.45, 7) is 13.4. The van der Waals surface area contributed by atoms with Gasteiger partial charge in [0.05, 0.1) is 16.6 Å². The van der Waals surface area contributed by atoms with Crippen molar-refractivity contribution in [2.45, 2.75) is 52.4 Å². The molecule has 0 aliphatic heterocycles. The van der Waals surface area contributed by atoms with Gasteiger partial charge >= 0.3 is 0 Å². The topological polar surface area (TPSA) is 63.8 Å².